The maximum Gasteiger partial charge on any atom is 0.260 e. The van der Waals surface area contributed by atoms with Crippen LogP contribution in [0.5, 0.6) is 23.0 Å². The largest absolute Gasteiger partial charge is 0.458 e. The molecule has 2 aliphatic rings. The number of hydrogen-bond donors (Lipinski definition) is 0. The third kappa shape index (κ3) is 4.22. The van der Waals surface area contributed by atoms with Crippen LogP contribution >= 0.6 is 0 Å². The SMILES string of the molecule is Cc1cnc(-c2ccc3c(c2)B2c4cc(-c5cc6ccccc6cn5)ccc4Oc4cc(C(C)(C)C)cc(c42)O3)c(C)c1. The number of hydrogen-bond acceptors (Lipinski definition) is 4. The van der Waals surface area contributed by atoms with E-state index in [0.29, 0.717) is 0 Å². The molecule has 0 spiro atoms. The van der Waals surface area contributed by atoms with Crippen molar-refractivity contribution < 1.29 is 9.47 Å². The van der Waals surface area contributed by atoms with Crippen molar-refractivity contribution in [3.8, 4) is 45.5 Å². The molecule has 4 nitrogen and oxygen atoms in total. The van der Waals surface area contributed by atoms with Gasteiger partial charge in [-0.15, -0.1) is 0 Å². The molecule has 0 amide bonds. The summed E-state index contributed by atoms with van der Waals surface area (Å²) in [7, 11) is 0. The lowest BCUT2D eigenvalue weighted by Crippen LogP contribution is -2.57. The van der Waals surface area contributed by atoms with Gasteiger partial charge in [0.1, 0.15) is 23.0 Å². The van der Waals surface area contributed by atoms with Crippen LogP contribution in [0.25, 0.3) is 33.3 Å². The molecule has 4 heterocycles. The fourth-order valence-corrected chi connectivity index (χ4v) is 6.50. The number of rotatable bonds is 2. The Bertz CT molecular complexity index is 2090. The molecule has 0 radical (unpaired) electrons. The first-order chi connectivity index (χ1) is 20.7. The zero-order valence-electron chi connectivity index (χ0n) is 25.0. The Kier molecular flexibility index (Phi) is 5.58. The van der Waals surface area contributed by atoms with Gasteiger partial charge in [-0.2, -0.15) is 0 Å². The van der Waals surface area contributed by atoms with Crippen molar-refractivity contribution in [1.82, 2.24) is 9.97 Å². The van der Waals surface area contributed by atoms with Crippen LogP contribution in [-0.4, -0.2) is 16.7 Å². The molecule has 0 aliphatic carbocycles. The summed E-state index contributed by atoms with van der Waals surface area (Å²) in [6.45, 7) is 10.8. The zero-order chi connectivity index (χ0) is 29.5. The van der Waals surface area contributed by atoms with Gasteiger partial charge >= 0.3 is 0 Å². The summed E-state index contributed by atoms with van der Waals surface area (Å²) in [5.74, 6) is 3.45. The molecule has 0 saturated carbocycles. The molecule has 0 saturated heterocycles. The van der Waals surface area contributed by atoms with Crippen LogP contribution in [0.15, 0.2) is 97.3 Å². The summed E-state index contributed by atoms with van der Waals surface area (Å²) in [6, 6.07) is 30.0. The lowest BCUT2D eigenvalue weighted by Gasteiger charge is -2.35. The predicted molar refractivity (Wildman–Crippen MR) is 176 cm³/mol. The number of aryl methyl sites for hydroxylation is 2. The van der Waals surface area contributed by atoms with E-state index in [1.165, 1.54) is 10.9 Å². The molecule has 0 bridgehead atoms. The van der Waals surface area contributed by atoms with E-state index < -0.39 is 0 Å². The Labute approximate surface area is 252 Å². The molecule has 5 heteroatoms. The van der Waals surface area contributed by atoms with Crippen LogP contribution in [0.1, 0.15) is 37.5 Å². The topological polar surface area (TPSA) is 44.2 Å². The minimum absolute atomic E-state index is 0.0571. The Morgan fingerprint density at radius 1 is 0.628 bits per heavy atom. The molecule has 6 aromatic rings. The Morgan fingerprint density at radius 2 is 1.28 bits per heavy atom. The maximum absolute atomic E-state index is 6.67. The number of ether oxygens (including phenoxy) is 2. The van der Waals surface area contributed by atoms with Gasteiger partial charge in [0.15, 0.2) is 0 Å². The van der Waals surface area contributed by atoms with Crippen LogP contribution in [0.3, 0.4) is 0 Å². The first-order valence-corrected chi connectivity index (χ1v) is 14.8. The minimum Gasteiger partial charge on any atom is -0.458 e. The molecule has 4 aromatic carbocycles. The Morgan fingerprint density at radius 3 is 1.95 bits per heavy atom. The van der Waals surface area contributed by atoms with Gasteiger partial charge in [-0.3, -0.25) is 9.97 Å². The van der Waals surface area contributed by atoms with E-state index in [1.54, 1.807) is 0 Å². The second kappa shape index (κ2) is 9.30. The Hall–Kier alpha value is -4.90. The number of nitrogens with zero attached hydrogens (tertiary/aromatic N) is 2. The fraction of sp³-hybridized carbons (Fsp3) is 0.158. The number of fused-ring (bicyclic) bond motifs is 5. The van der Waals surface area contributed by atoms with Crippen molar-refractivity contribution in [3.05, 3.63) is 114 Å². The summed E-state index contributed by atoms with van der Waals surface area (Å²) in [6.07, 6.45) is 3.89. The smallest absolute Gasteiger partial charge is 0.260 e. The highest BCUT2D eigenvalue weighted by molar-refractivity contribution is 6.98. The average molecular weight is 558 g/mol. The van der Waals surface area contributed by atoms with Crippen LogP contribution < -0.4 is 25.9 Å². The third-order valence-electron chi connectivity index (χ3n) is 8.76. The summed E-state index contributed by atoms with van der Waals surface area (Å²) < 4.78 is 13.3. The molecule has 8 rings (SSSR count). The highest BCUT2D eigenvalue weighted by Gasteiger charge is 2.41. The van der Waals surface area contributed by atoms with Crippen LogP contribution in [0, 0.1) is 13.8 Å². The standard InChI is InChI=1S/C38H31BN2O2/c1-22-14-23(2)37(41-20-22)26-11-13-33-30(16-26)39-29-15-25(31-17-24-8-6-7-9-27(24)21-40-31)10-12-32(29)42-34-18-28(38(3,4)5)19-35(43-33)36(34)39/h6-21H,1-5H3. The molecule has 2 aliphatic heterocycles. The van der Waals surface area contributed by atoms with Gasteiger partial charge in [0.25, 0.3) is 6.71 Å². The molecular formula is C38H31BN2O2. The maximum atomic E-state index is 6.67. The fourth-order valence-electron chi connectivity index (χ4n) is 6.50. The van der Waals surface area contributed by atoms with E-state index >= 15 is 0 Å². The van der Waals surface area contributed by atoms with E-state index in [4.69, 9.17) is 19.4 Å². The number of pyridine rings is 2. The van der Waals surface area contributed by atoms with Gasteiger partial charge in [0.2, 0.25) is 0 Å². The summed E-state index contributed by atoms with van der Waals surface area (Å²) in [5.41, 5.74) is 10.8. The van der Waals surface area contributed by atoms with E-state index in [-0.39, 0.29) is 12.1 Å². The van der Waals surface area contributed by atoms with E-state index in [9.17, 15) is 0 Å². The summed E-state index contributed by atoms with van der Waals surface area (Å²) in [4.78, 5) is 9.64. The van der Waals surface area contributed by atoms with Crippen molar-refractivity contribution in [2.24, 2.45) is 0 Å². The first-order valence-electron chi connectivity index (χ1n) is 14.8. The van der Waals surface area contributed by atoms with Crippen molar-refractivity contribution in [2.75, 3.05) is 0 Å². The highest BCUT2D eigenvalue weighted by atomic mass is 16.5. The highest BCUT2D eigenvalue weighted by Crippen LogP contribution is 2.39. The molecule has 0 N–H and O–H groups in total. The molecule has 43 heavy (non-hydrogen) atoms. The summed E-state index contributed by atoms with van der Waals surface area (Å²) in [5, 5.41) is 2.30. The lowest BCUT2D eigenvalue weighted by molar-refractivity contribution is 0.458. The first kappa shape index (κ1) is 25.8. The molecule has 0 fully saturated rings. The number of benzene rings is 4. The average Bonchev–Trinajstić information content (AvgIpc) is 2.99. The van der Waals surface area contributed by atoms with Crippen LogP contribution in [-0.2, 0) is 5.41 Å². The second-order valence-electron chi connectivity index (χ2n) is 12.9. The number of aromatic nitrogens is 2. The van der Waals surface area contributed by atoms with Crippen molar-refractivity contribution >= 4 is 33.9 Å². The van der Waals surface area contributed by atoms with E-state index in [0.717, 1.165) is 78.4 Å². The van der Waals surface area contributed by atoms with Crippen LogP contribution in [0.2, 0.25) is 0 Å². The van der Waals surface area contributed by atoms with Gasteiger partial charge in [-0.05, 0) is 100 Å². The quantitative estimate of drug-likeness (QED) is 0.205. The monoisotopic (exact) mass is 558 g/mol. The van der Waals surface area contributed by atoms with Gasteiger partial charge in [-0.25, -0.2) is 0 Å². The minimum atomic E-state index is -0.0578. The van der Waals surface area contributed by atoms with Gasteiger partial charge in [-0.1, -0.05) is 63.2 Å². The van der Waals surface area contributed by atoms with Crippen molar-refractivity contribution in [2.45, 2.75) is 40.0 Å². The van der Waals surface area contributed by atoms with Crippen molar-refractivity contribution in [3.63, 3.8) is 0 Å². The molecule has 2 aromatic heterocycles. The second-order valence-corrected chi connectivity index (χ2v) is 12.9. The molecule has 208 valence electrons. The van der Waals surface area contributed by atoms with E-state index in [1.807, 2.05) is 18.5 Å². The molecule has 0 atom stereocenters. The lowest BCUT2D eigenvalue weighted by atomic mass is 9.34. The van der Waals surface area contributed by atoms with Gasteiger partial charge in [0, 0.05) is 28.8 Å². The normalized spacial score (nSPS) is 13.1. The van der Waals surface area contributed by atoms with Gasteiger partial charge < -0.3 is 9.47 Å². The summed E-state index contributed by atoms with van der Waals surface area (Å²) >= 11 is 0. The van der Waals surface area contributed by atoms with Crippen molar-refractivity contribution in [1.29, 1.82) is 0 Å². The van der Waals surface area contributed by atoms with E-state index in [2.05, 4.69) is 113 Å². The molecular weight excluding hydrogens is 527 g/mol. The molecule has 0 unspecified atom stereocenters. The predicted octanol–water partition coefficient (Wildman–Crippen LogP) is 7.61. The Balaban J connectivity index is 1.34. The van der Waals surface area contributed by atoms with Gasteiger partial charge in [0.05, 0.1) is 11.4 Å². The zero-order valence-corrected chi connectivity index (χ0v) is 25.0. The van der Waals surface area contributed by atoms with Crippen LogP contribution in [0.4, 0.5) is 0 Å². The third-order valence-corrected chi connectivity index (χ3v) is 8.76.